The van der Waals surface area contributed by atoms with E-state index in [1.54, 1.807) is 41.9 Å². The number of hydrogen-bond acceptors (Lipinski definition) is 12. The number of aromatic hydroxyl groups is 4. The first-order chi connectivity index (χ1) is 29.8. The van der Waals surface area contributed by atoms with Crippen LogP contribution < -0.4 is 5.56 Å². The second-order valence-electron chi connectivity index (χ2n) is 15.8. The van der Waals surface area contributed by atoms with Crippen molar-refractivity contribution < 1.29 is 39.5 Å². The molecule has 0 spiro atoms. The van der Waals surface area contributed by atoms with E-state index in [1.807, 2.05) is 62.7 Å². The average molecular weight is 842 g/mol. The van der Waals surface area contributed by atoms with E-state index in [-0.39, 0.29) is 53.7 Å². The summed E-state index contributed by atoms with van der Waals surface area (Å²) in [7, 11) is 1.56. The van der Waals surface area contributed by atoms with Crippen LogP contribution in [0.25, 0.3) is 50.3 Å². The summed E-state index contributed by atoms with van der Waals surface area (Å²) in [6.45, 7) is 7.89. The molecule has 8 rings (SSSR count). The fourth-order valence-electron chi connectivity index (χ4n) is 8.26. The third-order valence-electron chi connectivity index (χ3n) is 11.5. The Balaban J connectivity index is 0.896. The van der Waals surface area contributed by atoms with E-state index in [9.17, 15) is 34.8 Å². The van der Waals surface area contributed by atoms with Gasteiger partial charge in [0, 0.05) is 54.3 Å². The van der Waals surface area contributed by atoms with Crippen LogP contribution in [0.5, 0.6) is 23.3 Å². The van der Waals surface area contributed by atoms with Gasteiger partial charge in [-0.05, 0) is 90.0 Å². The topological polar surface area (TPSA) is 207 Å². The molecule has 16 heteroatoms. The van der Waals surface area contributed by atoms with E-state index in [0.29, 0.717) is 54.0 Å². The Hall–Kier alpha value is -7.36. The molecule has 1 aliphatic rings. The van der Waals surface area contributed by atoms with Crippen LogP contribution in [0.1, 0.15) is 67.9 Å². The molecule has 0 bridgehead atoms. The summed E-state index contributed by atoms with van der Waals surface area (Å²) in [6, 6.07) is 16.9. The fourth-order valence-corrected chi connectivity index (χ4v) is 8.26. The highest BCUT2D eigenvalue weighted by molar-refractivity contribution is 5.89. The molecule has 1 amide bonds. The highest BCUT2D eigenvalue weighted by Gasteiger charge is 2.28. The number of esters is 1. The highest BCUT2D eigenvalue weighted by atomic mass is 16.6. The maximum atomic E-state index is 14.0. The molecule has 0 saturated carbocycles. The zero-order chi connectivity index (χ0) is 44.0. The molecule has 4 aromatic heterocycles. The number of fused-ring (bicyclic) bond motifs is 5. The molecule has 3 aromatic carbocycles. The number of nitrogens with zero attached hydrogens (tertiary/aromatic N) is 7. The molecule has 0 unspecified atom stereocenters. The Bertz CT molecular complexity index is 2970. The summed E-state index contributed by atoms with van der Waals surface area (Å²) in [6.07, 6.45) is 3.17. The summed E-state index contributed by atoms with van der Waals surface area (Å²) in [5.41, 5.74) is 7.26. The zero-order valence-corrected chi connectivity index (χ0v) is 35.0. The molecular formula is C46H47N7O9. The lowest BCUT2D eigenvalue weighted by atomic mass is 9.98. The van der Waals surface area contributed by atoms with Crippen molar-refractivity contribution in [3.05, 3.63) is 105 Å². The van der Waals surface area contributed by atoms with E-state index in [0.717, 1.165) is 50.6 Å². The van der Waals surface area contributed by atoms with Crippen molar-refractivity contribution in [2.75, 3.05) is 20.2 Å². The maximum Gasteiger partial charge on any atom is 0.410 e. The summed E-state index contributed by atoms with van der Waals surface area (Å²) in [4.78, 5) is 46.0. The van der Waals surface area contributed by atoms with Gasteiger partial charge in [0.2, 0.25) is 0 Å². The van der Waals surface area contributed by atoms with Gasteiger partial charge >= 0.3 is 18.1 Å². The molecule has 7 aromatic rings. The first-order valence-electron chi connectivity index (χ1n) is 20.5. The molecular weight excluding hydrogens is 795 g/mol. The Morgan fingerprint density at radius 1 is 0.919 bits per heavy atom. The van der Waals surface area contributed by atoms with Gasteiger partial charge in [-0.2, -0.15) is 0 Å². The number of amides is 1. The largest absolute Gasteiger partial charge is 0.508 e. The van der Waals surface area contributed by atoms with E-state index in [1.165, 1.54) is 15.5 Å². The number of aryl methyl sites for hydroxylation is 2. The molecule has 1 aliphatic heterocycles. The Morgan fingerprint density at radius 3 is 2.48 bits per heavy atom. The van der Waals surface area contributed by atoms with Gasteiger partial charge in [-0.25, -0.2) is 19.1 Å². The smallest absolute Gasteiger partial charge is 0.410 e. The average Bonchev–Trinajstić information content (AvgIpc) is 3.95. The third kappa shape index (κ3) is 7.52. The van der Waals surface area contributed by atoms with Crippen molar-refractivity contribution in [2.24, 2.45) is 0 Å². The Labute approximate surface area is 355 Å². The summed E-state index contributed by atoms with van der Waals surface area (Å²) >= 11 is 0. The van der Waals surface area contributed by atoms with Crippen molar-refractivity contribution in [3.8, 4) is 51.7 Å². The highest BCUT2D eigenvalue weighted by Crippen LogP contribution is 2.40. The van der Waals surface area contributed by atoms with Gasteiger partial charge < -0.3 is 43.9 Å². The summed E-state index contributed by atoms with van der Waals surface area (Å²) in [5.74, 6) is -0.753. The van der Waals surface area contributed by atoms with Crippen LogP contribution in [0, 0.1) is 0 Å². The lowest BCUT2D eigenvalue weighted by molar-refractivity contribution is -0.148. The lowest BCUT2D eigenvalue weighted by Crippen LogP contribution is -2.32. The first-order valence-corrected chi connectivity index (χ1v) is 20.5. The van der Waals surface area contributed by atoms with Crippen LogP contribution in [0.3, 0.4) is 0 Å². The van der Waals surface area contributed by atoms with Crippen LogP contribution in [0.15, 0.2) is 71.7 Å². The normalized spacial score (nSPS) is 12.0. The van der Waals surface area contributed by atoms with Crippen molar-refractivity contribution >= 4 is 33.9 Å². The molecule has 320 valence electrons. The molecule has 0 fully saturated rings. The zero-order valence-electron chi connectivity index (χ0n) is 35.0. The van der Waals surface area contributed by atoms with E-state index in [4.69, 9.17) is 14.5 Å². The molecule has 5 heterocycles. The SMILES string of the molecule is CCCc1cc2n(c(=O)c1COC(=O)COC(=O)N(C)CCn1ccc3cc(-n4c(O)nnc4-c4cc(C(C)C)c(O)cc4O)ccc31)Cc1c-2nc2ccc(O)cc2c1CC. The number of carbonyl (C=O) groups is 2. The van der Waals surface area contributed by atoms with Crippen molar-refractivity contribution in [1.82, 2.24) is 33.8 Å². The second-order valence-corrected chi connectivity index (χ2v) is 15.8. The van der Waals surface area contributed by atoms with Gasteiger partial charge in [-0.3, -0.25) is 4.79 Å². The number of phenolic OH excluding ortho intramolecular Hbond substituents is 3. The van der Waals surface area contributed by atoms with Gasteiger partial charge in [0.05, 0.1) is 40.3 Å². The number of likely N-dealkylation sites (N-methyl/N-ethyl adjacent to an activating group) is 1. The predicted octanol–water partition coefficient (Wildman–Crippen LogP) is 6.90. The lowest BCUT2D eigenvalue weighted by Gasteiger charge is -2.18. The van der Waals surface area contributed by atoms with Crippen molar-refractivity contribution in [3.63, 3.8) is 0 Å². The number of carbonyl (C=O) groups excluding carboxylic acids is 2. The van der Waals surface area contributed by atoms with Crippen LogP contribution in [0.4, 0.5) is 4.79 Å². The standard InChI is InChI=1S/C46H47N7O9/c1-6-8-26-18-38-42-34(30(7-2)32-19-29(54)10-11-36(32)47-42)22-52(38)44(58)35(26)23-61-41(57)24-62-46(60)50(5)15-16-51-14-13-27-17-28(9-12-37(27)51)53-43(48-49-45(53)59)33-20-31(25(3)4)39(55)21-40(33)56/h9-14,17-21,25,54-56H,6-8,15-16,22-24H2,1-5H3,(H,49,59). The molecule has 16 nitrogen and oxygen atoms in total. The minimum absolute atomic E-state index is 0.0408. The summed E-state index contributed by atoms with van der Waals surface area (Å²) < 4.78 is 15.8. The Kier molecular flexibility index (Phi) is 11.1. The number of benzene rings is 3. The predicted molar refractivity (Wildman–Crippen MR) is 231 cm³/mol. The van der Waals surface area contributed by atoms with Crippen molar-refractivity contribution in [1.29, 1.82) is 0 Å². The first kappa shape index (κ1) is 41.4. The molecule has 0 radical (unpaired) electrons. The minimum Gasteiger partial charge on any atom is -0.508 e. The van der Waals surface area contributed by atoms with Gasteiger partial charge in [-0.15, -0.1) is 5.10 Å². The van der Waals surface area contributed by atoms with Crippen molar-refractivity contribution in [2.45, 2.75) is 72.6 Å². The second kappa shape index (κ2) is 16.6. The van der Waals surface area contributed by atoms with E-state index >= 15 is 0 Å². The van der Waals surface area contributed by atoms with Gasteiger partial charge in [0.1, 0.15) is 23.9 Å². The van der Waals surface area contributed by atoms with Gasteiger partial charge in [0.15, 0.2) is 12.4 Å². The summed E-state index contributed by atoms with van der Waals surface area (Å²) in [5, 5.41) is 51.5. The van der Waals surface area contributed by atoms with Crippen LogP contribution >= 0.6 is 0 Å². The minimum atomic E-state index is -0.793. The number of ether oxygens (including phenoxy) is 2. The third-order valence-corrected chi connectivity index (χ3v) is 11.5. The van der Waals surface area contributed by atoms with Gasteiger partial charge in [-0.1, -0.05) is 39.2 Å². The number of pyridine rings is 2. The molecule has 0 atom stereocenters. The number of rotatable bonds is 13. The van der Waals surface area contributed by atoms with E-state index in [2.05, 4.69) is 10.2 Å². The van der Waals surface area contributed by atoms with Gasteiger partial charge in [0.25, 0.3) is 5.56 Å². The maximum absolute atomic E-state index is 14.0. The molecule has 0 aliphatic carbocycles. The van der Waals surface area contributed by atoms with E-state index < -0.39 is 18.7 Å². The molecule has 62 heavy (non-hydrogen) atoms. The number of phenols is 3. The van der Waals surface area contributed by atoms with Crippen LogP contribution in [0.2, 0.25) is 0 Å². The molecule has 0 saturated heterocycles. The Morgan fingerprint density at radius 2 is 1.73 bits per heavy atom. The quantitative estimate of drug-likeness (QED) is 0.0875. The molecule has 4 N–H and O–H groups in total. The van der Waals surface area contributed by atoms with Crippen LogP contribution in [-0.4, -0.2) is 86.5 Å². The number of aromatic nitrogens is 6. The fraction of sp³-hybridized carbons (Fsp3) is 0.304. The number of hydrogen-bond donors (Lipinski definition) is 4. The van der Waals surface area contributed by atoms with Crippen LogP contribution in [-0.2, 0) is 46.8 Å². The monoisotopic (exact) mass is 841 g/mol.